The molecular formula is C46H42BCl2N2O2Zr. The summed E-state index contributed by atoms with van der Waals surface area (Å²) in [5.74, 6) is -0.432. The van der Waals surface area contributed by atoms with Crippen LogP contribution in [0.25, 0.3) is 56.0 Å². The van der Waals surface area contributed by atoms with Gasteiger partial charge in [0, 0.05) is 0 Å². The van der Waals surface area contributed by atoms with E-state index < -0.39 is 27.9 Å². The summed E-state index contributed by atoms with van der Waals surface area (Å²) in [5.41, 5.74) is 10.7. The van der Waals surface area contributed by atoms with Crippen LogP contribution >= 0.6 is 17.0 Å². The van der Waals surface area contributed by atoms with Gasteiger partial charge >= 0.3 is 328 Å². The Morgan fingerprint density at radius 3 is 1.35 bits per heavy atom. The normalized spacial score (nSPS) is 16.9. The number of amides is 2. The van der Waals surface area contributed by atoms with Crippen LogP contribution in [-0.4, -0.2) is 16.3 Å². The third-order valence-electron chi connectivity index (χ3n) is 11.6. The maximum atomic E-state index is 13.5. The summed E-state index contributed by atoms with van der Waals surface area (Å²) in [4.78, 5) is 27.0. The number of carbonyl (C=O) groups is 2. The number of carbonyl (C=O) groups excluding carboxylic acids is 2. The van der Waals surface area contributed by atoms with Crippen molar-refractivity contribution in [3.05, 3.63) is 155 Å². The molecule has 2 aliphatic rings. The summed E-state index contributed by atoms with van der Waals surface area (Å²) in [5, 5.41) is 11.1. The van der Waals surface area contributed by atoms with Gasteiger partial charge in [0.25, 0.3) is 0 Å². The maximum absolute atomic E-state index is 13.5. The average Bonchev–Trinajstić information content (AvgIpc) is 3.73. The van der Waals surface area contributed by atoms with E-state index in [9.17, 15) is 9.59 Å². The molecule has 0 saturated carbocycles. The second-order valence-electron chi connectivity index (χ2n) is 14.8. The Bertz CT molecular complexity index is 2400. The molecule has 269 valence electrons. The predicted octanol–water partition coefficient (Wildman–Crippen LogP) is 12.0. The van der Waals surface area contributed by atoms with Crippen LogP contribution in [0, 0.1) is 0 Å². The number of halogens is 2. The number of allylic oxidation sites excluding steroid dienone is 2. The van der Waals surface area contributed by atoms with Gasteiger partial charge in [-0.3, -0.25) is 0 Å². The summed E-state index contributed by atoms with van der Waals surface area (Å²) in [6.07, 6.45) is 4.91. The molecule has 8 rings (SSSR count). The van der Waals surface area contributed by atoms with Crippen molar-refractivity contribution in [3.63, 3.8) is 0 Å². The SMILES string of the molecule is CCC(=O)N[B](NC(=O)CC)[Zr]([Cl])([Cl])([CH]1C(C)=Cc2c(-c3cccc4ccccc34)cccc21)[CH]1C(C)=Cc2c(-c3cccc4ccccc34)cccc21. The zero-order valence-corrected chi connectivity index (χ0v) is 34.9. The van der Waals surface area contributed by atoms with E-state index in [0.717, 1.165) is 77.2 Å². The topological polar surface area (TPSA) is 58.2 Å². The van der Waals surface area contributed by atoms with Gasteiger partial charge in [-0.15, -0.1) is 0 Å². The minimum absolute atomic E-state index is 0.216. The molecule has 2 unspecified atom stereocenters. The van der Waals surface area contributed by atoms with Crippen molar-refractivity contribution >= 4 is 67.1 Å². The van der Waals surface area contributed by atoms with E-state index in [1.807, 2.05) is 0 Å². The first-order valence-electron chi connectivity index (χ1n) is 18.8. The molecule has 2 N–H and O–H groups in total. The van der Waals surface area contributed by atoms with Gasteiger partial charge in [0.2, 0.25) is 0 Å². The predicted molar refractivity (Wildman–Crippen MR) is 226 cm³/mol. The van der Waals surface area contributed by atoms with Crippen molar-refractivity contribution in [2.75, 3.05) is 0 Å². The van der Waals surface area contributed by atoms with Crippen LogP contribution in [0.2, 0.25) is 0 Å². The van der Waals surface area contributed by atoms with Gasteiger partial charge in [-0.1, -0.05) is 0 Å². The van der Waals surface area contributed by atoms with E-state index >= 15 is 0 Å². The molecule has 0 aliphatic heterocycles. The Hall–Kier alpha value is -4.21. The third kappa shape index (κ3) is 5.84. The van der Waals surface area contributed by atoms with Crippen molar-refractivity contribution in [3.8, 4) is 22.3 Å². The van der Waals surface area contributed by atoms with Gasteiger partial charge in [0.1, 0.15) is 0 Å². The first-order valence-corrected chi connectivity index (χ1v) is 29.4. The summed E-state index contributed by atoms with van der Waals surface area (Å²) >= 11 is -5.91. The number of nitrogens with one attached hydrogen (secondary N) is 2. The molecule has 2 atom stereocenters. The molecule has 0 saturated heterocycles. The average molecular weight is 828 g/mol. The van der Waals surface area contributed by atoms with Crippen molar-refractivity contribution in [2.45, 2.75) is 47.8 Å². The van der Waals surface area contributed by atoms with E-state index in [2.05, 4.69) is 158 Å². The molecule has 0 bridgehead atoms. The number of benzene rings is 6. The molecule has 0 aromatic heterocycles. The van der Waals surface area contributed by atoms with Crippen molar-refractivity contribution in [1.82, 2.24) is 10.5 Å². The fourth-order valence-electron chi connectivity index (χ4n) is 9.30. The quantitative estimate of drug-likeness (QED) is 0.143. The van der Waals surface area contributed by atoms with Crippen molar-refractivity contribution < 1.29 is 25.8 Å². The molecule has 6 aromatic carbocycles. The Kier molecular flexibility index (Phi) is 9.62. The first kappa shape index (κ1) is 36.7. The van der Waals surface area contributed by atoms with Gasteiger partial charge < -0.3 is 0 Å². The Balaban J connectivity index is 1.39. The summed E-state index contributed by atoms with van der Waals surface area (Å²) in [7, 11) is 17.3. The molecular weight excluding hydrogens is 785 g/mol. The summed E-state index contributed by atoms with van der Waals surface area (Å²) < 4.78 is -1.82. The van der Waals surface area contributed by atoms with Crippen LogP contribution in [0.3, 0.4) is 0 Å². The molecule has 2 aliphatic carbocycles. The van der Waals surface area contributed by atoms with Crippen LogP contribution in [0.15, 0.2) is 132 Å². The van der Waals surface area contributed by atoms with E-state index in [4.69, 9.17) is 17.0 Å². The standard InChI is InChI=1S/2C20H15.C6H11BN2O2.2ClH.Zr/c2*1-14-12-16-8-5-11-19(20(16)13-14)18-10-4-7-15-6-2-3-9-17(15)18;1-3-5(10)8-7-9-6(11)4-2;;;/h2*2-13H,1H3;3-4H2,1-2H3,(H-,8,9,10,11);2*1H;/q;;;;;+1/p-1. The van der Waals surface area contributed by atoms with E-state index in [0.29, 0.717) is 0 Å². The molecule has 54 heavy (non-hydrogen) atoms. The van der Waals surface area contributed by atoms with Crippen molar-refractivity contribution in [1.29, 1.82) is 0 Å². The van der Waals surface area contributed by atoms with Gasteiger partial charge in [-0.2, -0.15) is 0 Å². The molecule has 0 fully saturated rings. The first-order chi connectivity index (χ1) is 26.0. The van der Waals surface area contributed by atoms with Gasteiger partial charge in [-0.05, 0) is 0 Å². The Morgan fingerprint density at radius 1 is 0.556 bits per heavy atom. The van der Waals surface area contributed by atoms with Gasteiger partial charge in [0.05, 0.1) is 0 Å². The van der Waals surface area contributed by atoms with Gasteiger partial charge in [-0.25, -0.2) is 0 Å². The van der Waals surface area contributed by atoms with E-state index in [-0.39, 0.29) is 24.7 Å². The van der Waals surface area contributed by atoms with Crippen LogP contribution in [-0.2, 0) is 25.8 Å². The molecule has 0 spiro atoms. The second kappa shape index (κ2) is 14.1. The van der Waals surface area contributed by atoms with Gasteiger partial charge in [0.15, 0.2) is 0 Å². The number of rotatable bonds is 9. The third-order valence-corrected chi connectivity index (χ3v) is 32.0. The monoisotopic (exact) mass is 825 g/mol. The zero-order valence-electron chi connectivity index (χ0n) is 30.9. The Labute approximate surface area is 325 Å². The summed E-state index contributed by atoms with van der Waals surface area (Å²) in [6.45, 7) is 7.83. The number of fused-ring (bicyclic) bond motifs is 4. The van der Waals surface area contributed by atoms with E-state index in [1.54, 1.807) is 13.8 Å². The van der Waals surface area contributed by atoms with E-state index in [1.165, 1.54) is 0 Å². The molecule has 0 radical (unpaired) electrons. The van der Waals surface area contributed by atoms with Crippen molar-refractivity contribution in [2.24, 2.45) is 0 Å². The number of hydrogen-bond acceptors (Lipinski definition) is 2. The minimum atomic E-state index is -5.91. The van der Waals surface area contributed by atoms with Crippen LogP contribution in [0.5, 0.6) is 0 Å². The van der Waals surface area contributed by atoms with Crippen LogP contribution < -0.4 is 10.5 Å². The fourth-order valence-corrected chi connectivity index (χ4v) is 30.9. The molecule has 8 heteroatoms. The fraction of sp³-hybridized carbons (Fsp3) is 0.174. The second-order valence-corrected chi connectivity index (χ2v) is 36.2. The van der Waals surface area contributed by atoms with Crippen LogP contribution in [0.4, 0.5) is 0 Å². The summed E-state index contributed by atoms with van der Waals surface area (Å²) in [6, 6.07) is 42.5. The molecule has 2 amide bonds. The molecule has 0 heterocycles. The number of hydrogen-bond donors (Lipinski definition) is 2. The van der Waals surface area contributed by atoms with Crippen LogP contribution in [0.1, 0.15) is 70.0 Å². The molecule has 4 nitrogen and oxygen atoms in total. The molecule has 6 aromatic rings. The Morgan fingerprint density at radius 2 is 0.926 bits per heavy atom. The zero-order chi connectivity index (χ0) is 37.8.